The van der Waals surface area contributed by atoms with Gasteiger partial charge < -0.3 is 39.2 Å². The third-order valence-electron chi connectivity index (χ3n) is 10.0. The van der Waals surface area contributed by atoms with E-state index in [0.29, 0.717) is 0 Å². The molecule has 14 nitrogen and oxygen atoms in total. The molecule has 17 heteroatoms. The van der Waals surface area contributed by atoms with Crippen molar-refractivity contribution in [1.29, 1.82) is 0 Å². The number of hydrogen-bond donors (Lipinski definition) is 2. The zero-order valence-electron chi connectivity index (χ0n) is 37.6. The molecule has 0 heterocycles. The van der Waals surface area contributed by atoms with E-state index in [0.717, 1.165) is 61.2 Å². The van der Waals surface area contributed by atoms with Gasteiger partial charge in [-0.1, -0.05) is 66.7 Å². The van der Waals surface area contributed by atoms with Gasteiger partial charge >= 0.3 is 24.3 Å². The fraction of sp³-hybridized carbons (Fsp3) is 0.468. The van der Waals surface area contributed by atoms with Crippen LogP contribution in [0.4, 0.5) is 22.8 Å². The molecule has 0 fully saturated rings. The number of likely N-dealkylation sites (N-methyl/N-ethyl adjacent to an activating group) is 2. The molecule has 2 N–H and O–H groups in total. The number of halogens is 3. The summed E-state index contributed by atoms with van der Waals surface area (Å²) in [5.41, 5.74) is 1.27. The van der Waals surface area contributed by atoms with Crippen molar-refractivity contribution >= 4 is 30.0 Å². The minimum Gasteiger partial charge on any atom is -0.459 e. The van der Waals surface area contributed by atoms with Crippen LogP contribution in [0.25, 0.3) is 11.1 Å². The van der Waals surface area contributed by atoms with E-state index in [2.05, 4.69) is 11.9 Å². The molecule has 348 valence electrons. The zero-order valence-corrected chi connectivity index (χ0v) is 37.6. The van der Waals surface area contributed by atoms with E-state index in [9.17, 15) is 37.5 Å². The maximum Gasteiger partial charge on any atom is 0.416 e. The van der Waals surface area contributed by atoms with Gasteiger partial charge in [-0.3, -0.25) is 19.3 Å². The number of alkyl carbamates (subject to hydrolysis) is 1. The molecule has 3 aromatic carbocycles. The summed E-state index contributed by atoms with van der Waals surface area (Å²) in [5.74, 6) is -2.89. The number of alkyl halides is 3. The van der Waals surface area contributed by atoms with Crippen LogP contribution in [-0.2, 0) is 45.9 Å². The van der Waals surface area contributed by atoms with Gasteiger partial charge in [0, 0.05) is 45.9 Å². The molecule has 0 radical (unpaired) electrons. The maximum absolute atomic E-state index is 15.2. The van der Waals surface area contributed by atoms with E-state index in [1.54, 1.807) is 41.5 Å². The number of carbonyl (C=O) groups is 5. The molecule has 0 unspecified atom stereocenters. The number of ether oxygens (including phenoxy) is 4. The summed E-state index contributed by atoms with van der Waals surface area (Å²) in [5, 5.41) is 13.6. The number of esters is 1. The number of amides is 4. The van der Waals surface area contributed by atoms with Crippen LogP contribution in [0.15, 0.2) is 85.5 Å². The van der Waals surface area contributed by atoms with Crippen molar-refractivity contribution in [2.75, 3.05) is 46.9 Å². The SMILES string of the molecule is C=CCO[C@@H](O)C[C@@H](C(=O)N(CCNC(=O)OC(C)(C)C)[C@@H](Cc1ccc(C(F)(F)F)cc1)C(=O)N(C)CC(=O)OC(C)(C)C)N(C)C(=O)OCC1c2ccccc2-c2ccccc21. The van der Waals surface area contributed by atoms with Gasteiger partial charge in [0.05, 0.1) is 12.2 Å². The number of nitrogens with zero attached hydrogens (tertiary/aromatic N) is 3. The minimum atomic E-state index is -4.66. The second-order valence-electron chi connectivity index (χ2n) is 17.4. The third-order valence-corrected chi connectivity index (χ3v) is 10.0. The third kappa shape index (κ3) is 14.3. The monoisotopic (exact) mass is 896 g/mol. The summed E-state index contributed by atoms with van der Waals surface area (Å²) in [6, 6.07) is 16.2. The molecule has 0 bridgehead atoms. The Labute approximate surface area is 372 Å². The summed E-state index contributed by atoms with van der Waals surface area (Å²) in [7, 11) is 2.57. The molecule has 0 aromatic heterocycles. The highest BCUT2D eigenvalue weighted by Gasteiger charge is 2.41. The van der Waals surface area contributed by atoms with Crippen molar-refractivity contribution in [3.05, 3.63) is 108 Å². The number of benzene rings is 3. The molecule has 4 rings (SSSR count). The Balaban J connectivity index is 1.76. The van der Waals surface area contributed by atoms with Crippen LogP contribution >= 0.6 is 0 Å². The molecule has 0 saturated heterocycles. The lowest BCUT2D eigenvalue weighted by atomic mass is 9.98. The van der Waals surface area contributed by atoms with E-state index in [4.69, 9.17) is 18.9 Å². The lowest BCUT2D eigenvalue weighted by Crippen LogP contribution is -2.59. The largest absolute Gasteiger partial charge is 0.459 e. The van der Waals surface area contributed by atoms with E-state index in [-0.39, 0.29) is 37.7 Å². The molecule has 0 saturated carbocycles. The maximum atomic E-state index is 15.2. The zero-order chi connectivity index (χ0) is 47.6. The number of carbonyl (C=O) groups excluding carboxylic acids is 5. The first kappa shape index (κ1) is 50.7. The number of aliphatic hydroxyl groups excluding tert-OH is 1. The predicted octanol–water partition coefficient (Wildman–Crippen LogP) is 6.93. The summed E-state index contributed by atoms with van der Waals surface area (Å²) >= 11 is 0. The van der Waals surface area contributed by atoms with Crippen molar-refractivity contribution < 1.29 is 61.2 Å². The summed E-state index contributed by atoms with van der Waals surface area (Å²) in [6.45, 7) is 11.9. The van der Waals surface area contributed by atoms with E-state index in [1.807, 2.05) is 48.5 Å². The van der Waals surface area contributed by atoms with E-state index < -0.39 is 90.8 Å². The Morgan fingerprint density at radius 2 is 1.38 bits per heavy atom. The Morgan fingerprint density at radius 3 is 1.91 bits per heavy atom. The van der Waals surface area contributed by atoms with Crippen molar-refractivity contribution in [2.45, 2.75) is 96.1 Å². The summed E-state index contributed by atoms with van der Waals surface area (Å²) in [4.78, 5) is 72.6. The van der Waals surface area contributed by atoms with Gasteiger partial charge in [-0.25, -0.2) is 9.59 Å². The number of aliphatic hydroxyl groups is 1. The van der Waals surface area contributed by atoms with Crippen LogP contribution in [0, 0.1) is 0 Å². The van der Waals surface area contributed by atoms with Gasteiger partial charge in [0.25, 0.3) is 0 Å². The number of rotatable bonds is 18. The second kappa shape index (κ2) is 21.6. The standard InChI is InChI=1S/C47H59F3N4O10/c1-10-25-61-39(55)27-37(53(9)44(60)62-29-36-34-17-13-11-15-32(34)33-16-12-14-18-35(33)36)42(58)54(24-23-51-43(59)64-46(5,6)7)38(26-30-19-21-31(22-20-30)47(48,49)50)41(57)52(8)28-40(56)63-45(2,3)4/h10-22,36-39,55H,1,23-29H2,2-9H3,(H,51,59)/t37-,38-,39+/m0/s1. The molecular formula is C47H59F3N4O10. The second-order valence-corrected chi connectivity index (χ2v) is 17.4. The predicted molar refractivity (Wildman–Crippen MR) is 232 cm³/mol. The molecule has 0 aliphatic heterocycles. The van der Waals surface area contributed by atoms with Gasteiger partial charge in [0.1, 0.15) is 36.4 Å². The van der Waals surface area contributed by atoms with E-state index in [1.165, 1.54) is 20.2 Å². The first-order chi connectivity index (χ1) is 29.9. The Kier molecular flexibility index (Phi) is 17.1. The van der Waals surface area contributed by atoms with Gasteiger partial charge in [0.2, 0.25) is 11.8 Å². The molecule has 4 amide bonds. The smallest absolute Gasteiger partial charge is 0.416 e. The van der Waals surface area contributed by atoms with Gasteiger partial charge in [0.15, 0.2) is 6.29 Å². The first-order valence-corrected chi connectivity index (χ1v) is 20.8. The highest BCUT2D eigenvalue weighted by Crippen LogP contribution is 2.44. The molecule has 3 atom stereocenters. The fourth-order valence-electron chi connectivity index (χ4n) is 7.17. The van der Waals surface area contributed by atoms with Gasteiger partial charge in [-0.05, 0) is 81.5 Å². The normalized spacial score (nSPS) is 13.9. The summed E-state index contributed by atoms with van der Waals surface area (Å²) in [6.07, 6.45) is -7.70. The molecule has 1 aliphatic rings. The fourth-order valence-corrected chi connectivity index (χ4v) is 7.17. The first-order valence-electron chi connectivity index (χ1n) is 20.8. The summed E-state index contributed by atoms with van der Waals surface area (Å²) < 4.78 is 62.9. The lowest BCUT2D eigenvalue weighted by Gasteiger charge is -2.38. The average molecular weight is 897 g/mol. The highest BCUT2D eigenvalue weighted by atomic mass is 19.4. The van der Waals surface area contributed by atoms with Gasteiger partial charge in [-0.15, -0.1) is 6.58 Å². The molecule has 1 aliphatic carbocycles. The Morgan fingerprint density at radius 1 is 0.812 bits per heavy atom. The van der Waals surface area contributed by atoms with Crippen molar-refractivity contribution in [1.82, 2.24) is 20.0 Å². The molecule has 64 heavy (non-hydrogen) atoms. The van der Waals surface area contributed by atoms with Crippen molar-refractivity contribution in [3.8, 4) is 11.1 Å². The highest BCUT2D eigenvalue weighted by molar-refractivity contribution is 5.93. The quantitative estimate of drug-likeness (QED) is 0.0593. The Hall–Kier alpha value is -5.94. The number of nitrogens with one attached hydrogen (secondary N) is 1. The van der Waals surface area contributed by atoms with Crippen LogP contribution in [0.1, 0.15) is 76.1 Å². The van der Waals surface area contributed by atoms with Crippen molar-refractivity contribution in [3.63, 3.8) is 0 Å². The minimum absolute atomic E-state index is 0.123. The molecule has 0 spiro atoms. The topological polar surface area (TPSA) is 164 Å². The average Bonchev–Trinajstić information content (AvgIpc) is 3.53. The lowest BCUT2D eigenvalue weighted by molar-refractivity contribution is -0.160. The van der Waals surface area contributed by atoms with Crippen molar-refractivity contribution in [2.24, 2.45) is 0 Å². The van der Waals surface area contributed by atoms with Crippen LogP contribution in [0.2, 0.25) is 0 Å². The number of hydrogen-bond acceptors (Lipinski definition) is 10. The van der Waals surface area contributed by atoms with E-state index >= 15 is 4.79 Å². The number of fused-ring (bicyclic) bond motifs is 3. The Bertz CT molecular complexity index is 2070. The molecular weight excluding hydrogens is 838 g/mol. The van der Waals surface area contributed by atoms with Crippen LogP contribution < -0.4 is 5.32 Å². The molecule has 3 aromatic rings. The van der Waals surface area contributed by atoms with Crippen LogP contribution in [-0.4, -0.2) is 126 Å². The van der Waals surface area contributed by atoms with Gasteiger partial charge in [-0.2, -0.15) is 13.2 Å². The van der Waals surface area contributed by atoms with Crippen LogP contribution in [0.3, 0.4) is 0 Å². The van der Waals surface area contributed by atoms with Crippen LogP contribution in [0.5, 0.6) is 0 Å².